The zero-order valence-electron chi connectivity index (χ0n) is 11.0. The van der Waals surface area contributed by atoms with Crippen LogP contribution in [0.1, 0.15) is 28.2 Å². The van der Waals surface area contributed by atoms with Gasteiger partial charge >= 0.3 is 0 Å². The molecule has 0 fully saturated rings. The van der Waals surface area contributed by atoms with Gasteiger partial charge in [-0.25, -0.2) is 9.78 Å². The van der Waals surface area contributed by atoms with Gasteiger partial charge in [0.25, 0.3) is 0 Å². The lowest BCUT2D eigenvalue weighted by atomic mass is 10.5. The van der Waals surface area contributed by atoms with Gasteiger partial charge in [-0.2, -0.15) is 0 Å². The molecule has 0 aromatic carbocycles. The van der Waals surface area contributed by atoms with Crippen LogP contribution in [-0.2, 0) is 9.78 Å². The molecule has 0 aromatic heterocycles. The van der Waals surface area contributed by atoms with Gasteiger partial charge in [0.2, 0.25) is 0 Å². The third kappa shape index (κ3) is 84.0. The van der Waals surface area contributed by atoms with E-state index in [0.717, 1.165) is 19.5 Å². The van der Waals surface area contributed by atoms with Crippen LogP contribution in [0.4, 0.5) is 0 Å². The molecule has 0 atom stereocenters. The smallest absolute Gasteiger partial charge is 0.0944 e. The SMILES string of the molecule is C.C.CCNCCOO.CNCCCOO.O.O.O.O. The number of rotatable bonds is 8. The van der Waals surface area contributed by atoms with E-state index < -0.39 is 0 Å². The zero-order chi connectivity index (χ0) is 11.1. The molecule has 0 bridgehead atoms. The highest BCUT2D eigenvalue weighted by molar-refractivity contribution is 4.36. The molecule has 0 amide bonds. The van der Waals surface area contributed by atoms with E-state index in [1.54, 1.807) is 0 Å². The van der Waals surface area contributed by atoms with Crippen LogP contribution in [0.2, 0.25) is 0 Å². The maximum Gasteiger partial charge on any atom is 0.0944 e. The number of nitrogens with one attached hydrogen (secondary N) is 2. The van der Waals surface area contributed by atoms with Crippen LogP contribution in [-0.4, -0.2) is 72.3 Å². The first-order valence-electron chi connectivity index (χ1n) is 4.71. The van der Waals surface area contributed by atoms with Crippen molar-refractivity contribution in [1.29, 1.82) is 0 Å². The third-order valence-corrected chi connectivity index (χ3v) is 1.28. The summed E-state index contributed by atoms with van der Waals surface area (Å²) in [5.74, 6) is 0. The predicted octanol–water partition coefficient (Wildman–Crippen LogP) is -1.86. The lowest BCUT2D eigenvalue weighted by Crippen LogP contribution is -2.17. The van der Waals surface area contributed by atoms with Gasteiger partial charge in [0.15, 0.2) is 0 Å². The normalized spacial score (nSPS) is 6.60. The molecular weight excluding hydrogens is 276 g/mol. The van der Waals surface area contributed by atoms with Gasteiger partial charge in [0, 0.05) is 6.54 Å². The van der Waals surface area contributed by atoms with Gasteiger partial charge in [-0.15, -0.1) is 0 Å². The first kappa shape index (κ1) is 50.4. The molecule has 0 radical (unpaired) electrons. The molecule has 0 unspecified atom stereocenters. The van der Waals surface area contributed by atoms with E-state index in [1.165, 1.54) is 0 Å². The molecule has 10 heteroatoms. The van der Waals surface area contributed by atoms with Crippen molar-refractivity contribution < 1.29 is 42.2 Å². The fraction of sp³-hybridized carbons (Fsp3) is 1.00. The minimum Gasteiger partial charge on any atom is -0.412 e. The fourth-order valence-electron chi connectivity index (χ4n) is 0.608. The van der Waals surface area contributed by atoms with Crippen molar-refractivity contribution in [2.24, 2.45) is 0 Å². The Labute approximate surface area is 122 Å². The minimum atomic E-state index is 0. The number of hydrogen-bond acceptors (Lipinski definition) is 6. The Bertz CT molecular complexity index is 75.7. The highest BCUT2D eigenvalue weighted by Gasteiger charge is 1.80. The summed E-state index contributed by atoms with van der Waals surface area (Å²) in [4.78, 5) is 7.59. The molecule has 0 aliphatic heterocycles. The van der Waals surface area contributed by atoms with Crippen molar-refractivity contribution in [3.05, 3.63) is 0 Å². The van der Waals surface area contributed by atoms with Crippen molar-refractivity contribution in [2.75, 3.05) is 39.9 Å². The number of likely N-dealkylation sites (N-methyl/N-ethyl adjacent to an activating group) is 1. The topological polar surface area (TPSA) is 209 Å². The summed E-state index contributed by atoms with van der Waals surface area (Å²) in [6, 6.07) is 0. The average molecular weight is 314 g/mol. The molecule has 0 heterocycles. The zero-order valence-corrected chi connectivity index (χ0v) is 11.0. The Morgan fingerprint density at radius 1 is 0.850 bits per heavy atom. The molecule has 0 aliphatic rings. The van der Waals surface area contributed by atoms with Crippen LogP contribution in [0.3, 0.4) is 0 Å². The van der Waals surface area contributed by atoms with Crippen LogP contribution in [0.15, 0.2) is 0 Å². The molecule has 0 aromatic rings. The van der Waals surface area contributed by atoms with Gasteiger partial charge in [-0.05, 0) is 26.6 Å². The summed E-state index contributed by atoms with van der Waals surface area (Å²) < 4.78 is 0. The van der Waals surface area contributed by atoms with E-state index in [4.69, 9.17) is 10.5 Å². The minimum absolute atomic E-state index is 0. The second kappa shape index (κ2) is 62.5. The molecular formula is C10H38N2O8. The third-order valence-electron chi connectivity index (χ3n) is 1.28. The van der Waals surface area contributed by atoms with Gasteiger partial charge in [-0.3, -0.25) is 10.5 Å². The van der Waals surface area contributed by atoms with E-state index >= 15 is 0 Å². The van der Waals surface area contributed by atoms with Gasteiger partial charge in [-0.1, -0.05) is 21.8 Å². The lowest BCUT2D eigenvalue weighted by Gasteiger charge is -1.94. The van der Waals surface area contributed by atoms with Crippen LogP contribution in [0.5, 0.6) is 0 Å². The predicted molar refractivity (Wildman–Crippen MR) is 82.2 cm³/mol. The second-order valence-corrected chi connectivity index (χ2v) is 2.48. The molecule has 136 valence electrons. The van der Waals surface area contributed by atoms with E-state index in [-0.39, 0.29) is 36.8 Å². The molecule has 20 heavy (non-hydrogen) atoms. The van der Waals surface area contributed by atoms with E-state index in [9.17, 15) is 0 Å². The van der Waals surface area contributed by atoms with Crippen LogP contribution in [0, 0.1) is 0 Å². The van der Waals surface area contributed by atoms with Gasteiger partial charge < -0.3 is 32.5 Å². The van der Waals surface area contributed by atoms with Crippen molar-refractivity contribution in [1.82, 2.24) is 10.6 Å². The first-order chi connectivity index (χ1) is 6.83. The average Bonchev–Trinajstić information content (AvgIpc) is 2.21. The van der Waals surface area contributed by atoms with Gasteiger partial charge in [0.1, 0.15) is 0 Å². The summed E-state index contributed by atoms with van der Waals surface area (Å²) in [5.41, 5.74) is 0. The van der Waals surface area contributed by atoms with E-state index in [0.29, 0.717) is 19.8 Å². The van der Waals surface area contributed by atoms with Gasteiger partial charge in [0.05, 0.1) is 13.2 Å². The molecule has 0 aliphatic carbocycles. The Hall–Kier alpha value is -0.400. The van der Waals surface area contributed by atoms with Crippen molar-refractivity contribution in [3.63, 3.8) is 0 Å². The van der Waals surface area contributed by atoms with Crippen molar-refractivity contribution in [2.45, 2.75) is 28.2 Å². The molecule has 0 rings (SSSR count). The number of hydrogen-bond donors (Lipinski definition) is 4. The summed E-state index contributed by atoms with van der Waals surface area (Å²) in [7, 11) is 1.86. The monoisotopic (exact) mass is 314 g/mol. The highest BCUT2D eigenvalue weighted by atomic mass is 17.1. The second-order valence-electron chi connectivity index (χ2n) is 2.48. The molecule has 0 saturated heterocycles. The van der Waals surface area contributed by atoms with Crippen LogP contribution in [0.25, 0.3) is 0 Å². The fourth-order valence-corrected chi connectivity index (χ4v) is 0.608. The van der Waals surface area contributed by atoms with E-state index in [1.807, 2.05) is 14.0 Å². The standard InChI is InChI=1S/2C4H11NO2.2CH4.4H2O/c1-5-3-2-4-7-6;1-2-5-3-4-7-6;;;;;;/h2*5-6H,2-4H2,1H3;2*1H4;4*1H2. The lowest BCUT2D eigenvalue weighted by molar-refractivity contribution is -0.242. The van der Waals surface area contributed by atoms with Crippen molar-refractivity contribution in [3.8, 4) is 0 Å². The maximum atomic E-state index is 7.77. The maximum absolute atomic E-state index is 7.77. The highest BCUT2D eigenvalue weighted by Crippen LogP contribution is 1.73. The summed E-state index contributed by atoms with van der Waals surface area (Å²) in [6.07, 6.45) is 0.854. The first-order valence-corrected chi connectivity index (χ1v) is 4.71. The summed E-state index contributed by atoms with van der Waals surface area (Å²) >= 11 is 0. The van der Waals surface area contributed by atoms with Crippen molar-refractivity contribution >= 4 is 0 Å². The van der Waals surface area contributed by atoms with E-state index in [2.05, 4.69) is 20.4 Å². The van der Waals surface area contributed by atoms with Crippen LogP contribution >= 0.6 is 0 Å². The molecule has 0 spiro atoms. The quantitative estimate of drug-likeness (QED) is 0.229. The summed E-state index contributed by atoms with van der Waals surface area (Å²) in [5, 5.41) is 21.4. The molecule has 12 N–H and O–H groups in total. The Balaban J connectivity index is -0.0000000185. The summed E-state index contributed by atoms with van der Waals surface area (Å²) in [6.45, 7) is 5.31. The Kier molecular flexibility index (Phi) is 158. The molecule has 10 nitrogen and oxygen atoms in total. The largest absolute Gasteiger partial charge is 0.412 e. The Morgan fingerprint density at radius 2 is 1.30 bits per heavy atom. The molecule has 0 saturated carbocycles. The van der Waals surface area contributed by atoms with Crippen LogP contribution < -0.4 is 10.6 Å². The Morgan fingerprint density at radius 3 is 1.60 bits per heavy atom.